The molecule has 1 aliphatic rings. The van der Waals surface area contributed by atoms with Gasteiger partial charge in [0.05, 0.1) is 0 Å². The standard InChI is InChI=1S/C13H25.Fm/c1-11(2)13(5)9-7-6-8-12(3,4)10-13;/h11H,1,6-10H2,2-5H3;/q-1;. The van der Waals surface area contributed by atoms with Crippen molar-refractivity contribution >= 4 is 0 Å². The van der Waals surface area contributed by atoms with Crippen LogP contribution in [0, 0.1) is 23.7 Å². The van der Waals surface area contributed by atoms with Gasteiger partial charge in [-0.1, -0.05) is 52.4 Å². The van der Waals surface area contributed by atoms with Gasteiger partial charge >= 0.3 is 0 Å². The van der Waals surface area contributed by atoms with Crippen LogP contribution < -0.4 is 0 Å². The molecule has 0 nitrogen and oxygen atoms in total. The van der Waals surface area contributed by atoms with Gasteiger partial charge in [-0.25, -0.2) is 0 Å². The molecule has 2 unspecified atom stereocenters. The smallest absolute Gasteiger partial charge is 0 e. The van der Waals surface area contributed by atoms with Crippen molar-refractivity contribution in [2.75, 3.05) is 0 Å². The van der Waals surface area contributed by atoms with Gasteiger partial charge in [-0.15, -0.1) is 0 Å². The molecule has 0 N–H and O–H groups in total. The minimum atomic E-state index is 0. The van der Waals surface area contributed by atoms with Crippen LogP contribution in [0.5, 0.6) is 0 Å². The molecule has 0 aromatic rings. The van der Waals surface area contributed by atoms with Crippen molar-refractivity contribution in [3.8, 4) is 0 Å². The van der Waals surface area contributed by atoms with Crippen LogP contribution in [0.15, 0.2) is 0 Å². The van der Waals surface area contributed by atoms with E-state index in [0.29, 0.717) is 16.7 Å². The van der Waals surface area contributed by atoms with Crippen LogP contribution in [0.3, 0.4) is 0 Å². The van der Waals surface area contributed by atoms with Crippen LogP contribution in [0.25, 0.3) is 0 Å². The zero-order chi connectivity index (χ0) is 10.1. The number of hydrogen-bond donors (Lipinski definition) is 0. The van der Waals surface area contributed by atoms with Crippen molar-refractivity contribution in [1.29, 1.82) is 0 Å². The predicted molar refractivity (Wildman–Crippen MR) is 59.5 cm³/mol. The third kappa shape index (κ3) is 2.75. The first-order valence-corrected chi connectivity index (χ1v) is 5.69. The van der Waals surface area contributed by atoms with E-state index < -0.39 is 0 Å². The maximum atomic E-state index is 4.24. The summed E-state index contributed by atoms with van der Waals surface area (Å²) in [5.41, 5.74) is 1.02. The van der Waals surface area contributed by atoms with Crippen molar-refractivity contribution in [1.82, 2.24) is 0 Å². The Bertz CT molecular complexity index is 172. The Morgan fingerprint density at radius 3 is 2.07 bits per heavy atom. The minimum Gasteiger partial charge on any atom is -0.340 e. The van der Waals surface area contributed by atoms with E-state index in [-0.39, 0.29) is 0 Å². The van der Waals surface area contributed by atoms with E-state index in [1.807, 2.05) is 0 Å². The summed E-state index contributed by atoms with van der Waals surface area (Å²) in [5.74, 6) is 0.588. The predicted octanol–water partition coefficient (Wildman–Crippen LogP) is 4.45. The Hall–Kier alpha value is -1.00. The molecule has 0 radical (unpaired) electrons. The molecule has 1 heteroatoms. The molecule has 0 aromatic heterocycles. The second-order valence-corrected chi connectivity index (χ2v) is 6.10. The summed E-state index contributed by atoms with van der Waals surface area (Å²) in [6, 6.07) is 0. The van der Waals surface area contributed by atoms with E-state index >= 15 is 0 Å². The maximum Gasteiger partial charge on any atom is 0 e. The number of rotatable bonds is 1. The van der Waals surface area contributed by atoms with E-state index in [1.54, 1.807) is 0 Å². The van der Waals surface area contributed by atoms with E-state index in [1.165, 1.54) is 32.1 Å². The SMILES string of the molecule is [CH2-]C(C)C1(C)CCCCC(C)(C)C1.[Fm]. The molecule has 0 bridgehead atoms. The second-order valence-electron chi connectivity index (χ2n) is 6.10. The van der Waals surface area contributed by atoms with Gasteiger partial charge in [0.15, 0.2) is 0 Å². The first-order chi connectivity index (χ1) is 5.86. The molecule has 2 atom stereocenters. The molecular weight excluding hydrogens is 413 g/mol. The summed E-state index contributed by atoms with van der Waals surface area (Å²) in [4.78, 5) is 0. The third-order valence-electron chi connectivity index (χ3n) is 3.92. The molecule has 0 spiro atoms. The van der Waals surface area contributed by atoms with Gasteiger partial charge < -0.3 is 6.92 Å². The van der Waals surface area contributed by atoms with Gasteiger partial charge in [0, 0.05) is 0 Å². The van der Waals surface area contributed by atoms with Crippen LogP contribution in [-0.4, -0.2) is 0 Å². The normalized spacial score (nSPS) is 34.1. The summed E-state index contributed by atoms with van der Waals surface area (Å²) in [5, 5.41) is 0. The quantitative estimate of drug-likeness (QED) is 0.419. The fourth-order valence-corrected chi connectivity index (χ4v) is 2.82. The molecule has 14 heavy (non-hydrogen) atoms. The van der Waals surface area contributed by atoms with Gasteiger partial charge in [0.2, 0.25) is 0 Å². The van der Waals surface area contributed by atoms with Crippen LogP contribution >= 0.6 is 0 Å². The monoisotopic (exact) mass is 438 g/mol. The summed E-state index contributed by atoms with van der Waals surface area (Å²) in [7, 11) is 0. The molecule has 1 aliphatic carbocycles. The maximum absolute atomic E-state index is 4.24. The molecule has 0 saturated heterocycles. The zero-order valence-corrected chi connectivity index (χ0v) is 12.5. The summed E-state index contributed by atoms with van der Waals surface area (Å²) >= 11 is 0. The minimum absolute atomic E-state index is 0. The molecule has 0 amide bonds. The first kappa shape index (κ1) is 13.0. The number of hydrogen-bond acceptors (Lipinski definition) is 0. The third-order valence-corrected chi connectivity index (χ3v) is 3.92. The molecule has 0 aromatic carbocycles. The fourth-order valence-electron chi connectivity index (χ4n) is 2.82. The average molecular weight is 438 g/mol. The zero-order valence-electron chi connectivity index (χ0n) is 10.1. The van der Waals surface area contributed by atoms with Gasteiger partial charge in [-0.2, -0.15) is 5.92 Å². The average Bonchev–Trinajstić information content (AvgIpc) is 2.09. The van der Waals surface area contributed by atoms with E-state index in [4.69, 9.17) is 0 Å². The van der Waals surface area contributed by atoms with E-state index in [0.717, 1.165) is 0 Å². The van der Waals surface area contributed by atoms with Crippen molar-refractivity contribution in [2.24, 2.45) is 16.7 Å². The molecular formula is C13H25Fm-. The van der Waals surface area contributed by atoms with E-state index in [2.05, 4.69) is 34.6 Å². The molecule has 0 heterocycles. The van der Waals surface area contributed by atoms with Crippen molar-refractivity contribution in [3.05, 3.63) is 6.92 Å². The Morgan fingerprint density at radius 1 is 1.07 bits per heavy atom. The van der Waals surface area contributed by atoms with Crippen LogP contribution in [-0.2, 0) is 0 Å². The molecule has 90 valence electrons. The van der Waals surface area contributed by atoms with Gasteiger partial charge in [0.1, 0.15) is 0 Å². The van der Waals surface area contributed by atoms with Gasteiger partial charge in [-0.3, -0.25) is 0 Å². The van der Waals surface area contributed by atoms with Gasteiger partial charge in [0.25, 0.3) is 0 Å². The van der Waals surface area contributed by atoms with Gasteiger partial charge in [-0.05, 0) is 18.3 Å². The van der Waals surface area contributed by atoms with Crippen molar-refractivity contribution < 1.29 is 0 Å². The van der Waals surface area contributed by atoms with Crippen molar-refractivity contribution in [3.63, 3.8) is 0 Å². The summed E-state index contributed by atoms with van der Waals surface area (Å²) < 4.78 is 0. The van der Waals surface area contributed by atoms with E-state index in [9.17, 15) is 0 Å². The molecule has 1 rings (SSSR count). The summed E-state index contributed by atoms with van der Waals surface area (Å²) in [6.45, 7) is 13.8. The topological polar surface area (TPSA) is 0 Å². The molecule has 1 fully saturated rings. The Labute approximate surface area is 84.1 Å². The Kier molecular flexibility index (Phi) is 3.73. The second kappa shape index (κ2) is 4.02. The largest absolute Gasteiger partial charge is 0.340 e. The molecule has 1 saturated carbocycles. The fraction of sp³-hybridized carbons (Fsp3) is 0.923. The van der Waals surface area contributed by atoms with Crippen LogP contribution in [0.2, 0.25) is 0 Å². The Balaban J connectivity index is 0.00000169. The Morgan fingerprint density at radius 2 is 1.57 bits per heavy atom. The van der Waals surface area contributed by atoms with Crippen LogP contribution in [0.4, 0.5) is 0 Å². The van der Waals surface area contributed by atoms with Crippen molar-refractivity contribution in [2.45, 2.75) is 59.8 Å². The summed E-state index contributed by atoms with van der Waals surface area (Å²) in [6.07, 6.45) is 6.94. The first-order valence-electron chi connectivity index (χ1n) is 5.69. The van der Waals surface area contributed by atoms with Crippen LogP contribution in [0.1, 0.15) is 59.8 Å². The molecule has 0 aliphatic heterocycles.